The predicted molar refractivity (Wildman–Crippen MR) is 71.5 cm³/mol. The van der Waals surface area contributed by atoms with Gasteiger partial charge in [0.2, 0.25) is 0 Å². The van der Waals surface area contributed by atoms with Gasteiger partial charge >= 0.3 is 0 Å². The van der Waals surface area contributed by atoms with Crippen LogP contribution in [0.15, 0.2) is 42.5 Å². The third kappa shape index (κ3) is 3.22. The molecule has 0 spiro atoms. The number of hydrogen-bond acceptors (Lipinski definition) is 1. The third-order valence-corrected chi connectivity index (χ3v) is 3.19. The van der Waals surface area contributed by atoms with Crippen molar-refractivity contribution in [1.29, 1.82) is 0 Å². The second-order valence-corrected chi connectivity index (χ2v) is 4.87. The quantitative estimate of drug-likeness (QED) is 0.885. The molecule has 1 atom stereocenters. The summed E-state index contributed by atoms with van der Waals surface area (Å²) in [5, 5.41) is 10.7. The number of aliphatic hydroxyl groups excluding tert-OH is 1. The lowest BCUT2D eigenvalue weighted by Gasteiger charge is -2.11. The van der Waals surface area contributed by atoms with E-state index >= 15 is 0 Å². The first-order valence-electron chi connectivity index (χ1n) is 5.44. The lowest BCUT2D eigenvalue weighted by atomic mass is 10.0. The summed E-state index contributed by atoms with van der Waals surface area (Å²) >= 11 is 11.4. The minimum Gasteiger partial charge on any atom is -0.388 e. The van der Waals surface area contributed by atoms with Crippen LogP contribution in [0.25, 0.3) is 0 Å². The van der Waals surface area contributed by atoms with Crippen molar-refractivity contribution in [2.45, 2.75) is 12.5 Å². The Balaban J connectivity index is 2.16. The van der Waals surface area contributed by atoms with Crippen molar-refractivity contribution in [3.8, 4) is 0 Å². The second kappa shape index (κ2) is 5.70. The molecule has 0 saturated heterocycles. The van der Waals surface area contributed by atoms with Gasteiger partial charge in [0, 0.05) is 11.4 Å². The molecule has 0 bridgehead atoms. The van der Waals surface area contributed by atoms with Crippen LogP contribution in [0.5, 0.6) is 0 Å². The Bertz CT molecular complexity index is 557. The van der Waals surface area contributed by atoms with E-state index in [-0.39, 0.29) is 5.02 Å². The summed E-state index contributed by atoms with van der Waals surface area (Å²) in [7, 11) is 0. The maximum absolute atomic E-state index is 13.3. The second-order valence-electron chi connectivity index (χ2n) is 4.02. The fraction of sp³-hybridized carbons (Fsp3) is 0.143. The van der Waals surface area contributed by atoms with Crippen molar-refractivity contribution < 1.29 is 9.50 Å². The Hall–Kier alpha value is -1.09. The minimum atomic E-state index is -0.718. The van der Waals surface area contributed by atoms with Crippen LogP contribution < -0.4 is 0 Å². The van der Waals surface area contributed by atoms with Gasteiger partial charge in [-0.1, -0.05) is 41.4 Å². The van der Waals surface area contributed by atoms with Gasteiger partial charge in [0.15, 0.2) is 0 Å². The van der Waals surface area contributed by atoms with Gasteiger partial charge in [-0.05, 0) is 35.4 Å². The molecule has 0 aliphatic rings. The van der Waals surface area contributed by atoms with E-state index in [4.69, 9.17) is 23.2 Å². The van der Waals surface area contributed by atoms with E-state index < -0.39 is 11.9 Å². The Labute approximate surface area is 115 Å². The summed E-state index contributed by atoms with van der Waals surface area (Å²) in [6.07, 6.45) is -0.404. The first-order valence-corrected chi connectivity index (χ1v) is 6.19. The van der Waals surface area contributed by atoms with Crippen molar-refractivity contribution in [2.24, 2.45) is 0 Å². The minimum absolute atomic E-state index is 0.0796. The van der Waals surface area contributed by atoms with Crippen LogP contribution in [0.1, 0.15) is 17.2 Å². The van der Waals surface area contributed by atoms with Gasteiger partial charge in [-0.2, -0.15) is 0 Å². The van der Waals surface area contributed by atoms with Crippen LogP contribution in [0, 0.1) is 5.82 Å². The van der Waals surface area contributed by atoms with Crippen LogP contribution in [0.3, 0.4) is 0 Å². The van der Waals surface area contributed by atoms with Crippen molar-refractivity contribution >= 4 is 23.2 Å². The molecule has 4 heteroatoms. The van der Waals surface area contributed by atoms with Gasteiger partial charge in [0.25, 0.3) is 0 Å². The zero-order valence-corrected chi connectivity index (χ0v) is 10.9. The number of halogens is 3. The largest absolute Gasteiger partial charge is 0.388 e. The zero-order valence-electron chi connectivity index (χ0n) is 9.41. The van der Waals surface area contributed by atoms with Gasteiger partial charge < -0.3 is 5.11 Å². The standard InChI is InChI=1S/C14H11Cl2FO/c15-11-3-1-2-10(8-11)14(18)7-9-4-5-12(16)13(17)6-9/h1-6,8,14,18H,7H2. The molecule has 0 heterocycles. The van der Waals surface area contributed by atoms with E-state index in [9.17, 15) is 9.50 Å². The van der Waals surface area contributed by atoms with E-state index in [2.05, 4.69) is 0 Å². The molecule has 0 radical (unpaired) electrons. The molecule has 1 unspecified atom stereocenters. The molecule has 0 amide bonds. The molecular weight excluding hydrogens is 274 g/mol. The Kier molecular flexibility index (Phi) is 4.23. The molecule has 0 aliphatic carbocycles. The van der Waals surface area contributed by atoms with Gasteiger partial charge in [0.1, 0.15) is 5.82 Å². The van der Waals surface area contributed by atoms with Crippen LogP contribution in [0.4, 0.5) is 4.39 Å². The highest BCUT2D eigenvalue weighted by molar-refractivity contribution is 6.31. The number of benzene rings is 2. The average molecular weight is 285 g/mol. The molecule has 0 aromatic heterocycles. The summed E-state index contributed by atoms with van der Waals surface area (Å²) in [5.74, 6) is -0.479. The van der Waals surface area contributed by atoms with Crippen LogP contribution in [-0.2, 0) is 6.42 Å². The first kappa shape index (κ1) is 13.3. The smallest absolute Gasteiger partial charge is 0.142 e. The molecule has 2 rings (SSSR count). The average Bonchev–Trinajstić information content (AvgIpc) is 2.34. The van der Waals surface area contributed by atoms with E-state index in [0.29, 0.717) is 22.6 Å². The molecule has 0 saturated carbocycles. The first-order chi connectivity index (χ1) is 8.56. The van der Waals surface area contributed by atoms with E-state index in [1.165, 1.54) is 12.1 Å². The van der Waals surface area contributed by atoms with E-state index in [1.807, 2.05) is 0 Å². The van der Waals surface area contributed by atoms with Crippen LogP contribution >= 0.6 is 23.2 Å². The number of aliphatic hydroxyl groups is 1. The van der Waals surface area contributed by atoms with Gasteiger partial charge in [-0.25, -0.2) is 4.39 Å². The number of rotatable bonds is 3. The third-order valence-electron chi connectivity index (χ3n) is 2.65. The summed E-state index contributed by atoms with van der Waals surface area (Å²) in [6, 6.07) is 11.5. The van der Waals surface area contributed by atoms with Crippen molar-refractivity contribution in [1.82, 2.24) is 0 Å². The molecule has 2 aromatic carbocycles. The molecule has 18 heavy (non-hydrogen) atoms. The van der Waals surface area contributed by atoms with Crippen molar-refractivity contribution in [3.05, 3.63) is 69.5 Å². The molecular formula is C14H11Cl2FO. The van der Waals surface area contributed by atoms with Gasteiger partial charge in [-0.15, -0.1) is 0 Å². The molecule has 1 nitrogen and oxygen atoms in total. The van der Waals surface area contributed by atoms with E-state index in [1.54, 1.807) is 30.3 Å². The fourth-order valence-electron chi connectivity index (χ4n) is 1.72. The SMILES string of the molecule is OC(Cc1ccc(Cl)c(F)c1)c1cccc(Cl)c1. The van der Waals surface area contributed by atoms with Gasteiger partial charge in [-0.3, -0.25) is 0 Å². The predicted octanol–water partition coefficient (Wildman–Crippen LogP) is 4.41. The van der Waals surface area contributed by atoms with Crippen molar-refractivity contribution in [3.63, 3.8) is 0 Å². The zero-order chi connectivity index (χ0) is 13.1. The lowest BCUT2D eigenvalue weighted by molar-refractivity contribution is 0.178. The molecule has 94 valence electrons. The normalized spacial score (nSPS) is 12.4. The topological polar surface area (TPSA) is 20.2 Å². The van der Waals surface area contributed by atoms with Crippen LogP contribution in [-0.4, -0.2) is 5.11 Å². The molecule has 2 aromatic rings. The monoisotopic (exact) mass is 284 g/mol. The lowest BCUT2D eigenvalue weighted by Crippen LogP contribution is -2.02. The van der Waals surface area contributed by atoms with E-state index in [0.717, 1.165) is 0 Å². The summed E-state index contributed by atoms with van der Waals surface area (Å²) in [6.45, 7) is 0. The Morgan fingerprint density at radius 1 is 1.11 bits per heavy atom. The summed E-state index contributed by atoms with van der Waals surface area (Å²) < 4.78 is 13.3. The summed E-state index contributed by atoms with van der Waals surface area (Å²) in [5.41, 5.74) is 1.39. The molecule has 0 aliphatic heterocycles. The highest BCUT2D eigenvalue weighted by Crippen LogP contribution is 2.23. The maximum atomic E-state index is 13.3. The fourth-order valence-corrected chi connectivity index (χ4v) is 2.04. The highest BCUT2D eigenvalue weighted by atomic mass is 35.5. The Morgan fingerprint density at radius 3 is 2.56 bits per heavy atom. The Morgan fingerprint density at radius 2 is 1.89 bits per heavy atom. The van der Waals surface area contributed by atoms with Gasteiger partial charge in [0.05, 0.1) is 11.1 Å². The number of hydrogen-bond donors (Lipinski definition) is 1. The molecule has 0 fully saturated rings. The maximum Gasteiger partial charge on any atom is 0.142 e. The van der Waals surface area contributed by atoms with Crippen molar-refractivity contribution in [2.75, 3.05) is 0 Å². The highest BCUT2D eigenvalue weighted by Gasteiger charge is 2.10. The van der Waals surface area contributed by atoms with Crippen LogP contribution in [0.2, 0.25) is 10.0 Å². The molecule has 1 N–H and O–H groups in total. The summed E-state index contributed by atoms with van der Waals surface area (Å²) in [4.78, 5) is 0.